The lowest BCUT2D eigenvalue weighted by molar-refractivity contribution is -0.220. The largest absolute Gasteiger partial charge is 0.472 e. The third-order valence-electron chi connectivity index (χ3n) is 10.6. The van der Waals surface area contributed by atoms with E-state index in [1.807, 2.05) is 19.1 Å². The lowest BCUT2D eigenvalue weighted by atomic mass is 9.85. The molecule has 354 valence electrons. The van der Waals surface area contributed by atoms with Gasteiger partial charge in [-0.15, -0.1) is 0 Å². The fourth-order valence-corrected chi connectivity index (χ4v) is 7.64. The fourth-order valence-electron chi connectivity index (χ4n) is 6.67. The average molecular weight is 889 g/mol. The summed E-state index contributed by atoms with van der Waals surface area (Å²) in [6.45, 7) is 2.97. The molecule has 1 fully saturated rings. The number of aliphatic hydroxyl groups excluding tert-OH is 6. The Morgan fingerprint density at radius 3 is 1.52 bits per heavy atom. The lowest BCUT2D eigenvalue weighted by Gasteiger charge is -2.41. The quantitative estimate of drug-likeness (QED) is 0.0137. The molecule has 0 heterocycles. The highest BCUT2D eigenvalue weighted by Crippen LogP contribution is 2.47. The summed E-state index contributed by atoms with van der Waals surface area (Å²) in [5.41, 5.74) is 0. The predicted octanol–water partition coefficient (Wildman–Crippen LogP) is 7.75. The maximum absolute atomic E-state index is 12.8. The first-order valence-corrected chi connectivity index (χ1v) is 24.5. The van der Waals surface area contributed by atoms with Crippen LogP contribution in [-0.2, 0) is 32.7 Å². The number of carbonyl (C=O) groups excluding carboxylic acids is 2. The van der Waals surface area contributed by atoms with Crippen molar-refractivity contribution in [2.45, 2.75) is 217 Å². The number of phosphoric ester groups is 1. The van der Waals surface area contributed by atoms with Crippen molar-refractivity contribution >= 4 is 19.8 Å². The molecule has 15 heteroatoms. The van der Waals surface area contributed by atoms with E-state index in [1.54, 1.807) is 0 Å². The van der Waals surface area contributed by atoms with E-state index in [-0.39, 0.29) is 18.9 Å². The molecule has 7 N–H and O–H groups in total. The van der Waals surface area contributed by atoms with Gasteiger partial charge < -0.3 is 45.0 Å². The van der Waals surface area contributed by atoms with Crippen LogP contribution in [0.25, 0.3) is 0 Å². The van der Waals surface area contributed by atoms with Gasteiger partial charge in [-0.1, -0.05) is 146 Å². The summed E-state index contributed by atoms with van der Waals surface area (Å²) in [5, 5.41) is 59.7. The summed E-state index contributed by atoms with van der Waals surface area (Å²) in [6, 6.07) is 0. The van der Waals surface area contributed by atoms with Crippen molar-refractivity contribution in [2.75, 3.05) is 13.2 Å². The Kier molecular flexibility index (Phi) is 33.6. The highest BCUT2D eigenvalue weighted by molar-refractivity contribution is 7.47. The Morgan fingerprint density at radius 1 is 0.574 bits per heavy atom. The van der Waals surface area contributed by atoms with Crippen molar-refractivity contribution in [3.63, 3.8) is 0 Å². The van der Waals surface area contributed by atoms with Crippen LogP contribution in [0.4, 0.5) is 0 Å². The first-order valence-electron chi connectivity index (χ1n) is 23.0. The van der Waals surface area contributed by atoms with Crippen molar-refractivity contribution in [3.8, 4) is 0 Å². The second-order valence-electron chi connectivity index (χ2n) is 16.1. The molecule has 0 radical (unpaired) electrons. The van der Waals surface area contributed by atoms with Crippen LogP contribution in [0.15, 0.2) is 48.6 Å². The Bertz CT molecular complexity index is 1270. The molecule has 1 aliphatic carbocycles. The molecule has 0 aromatic rings. The molecule has 0 bridgehead atoms. The van der Waals surface area contributed by atoms with Gasteiger partial charge in [-0.25, -0.2) is 4.57 Å². The van der Waals surface area contributed by atoms with Gasteiger partial charge in [0.15, 0.2) is 6.10 Å². The number of ether oxygens (including phenoxy) is 2. The minimum absolute atomic E-state index is 0.00788. The predicted molar refractivity (Wildman–Crippen MR) is 236 cm³/mol. The number of hydrogen-bond donors (Lipinski definition) is 7. The highest BCUT2D eigenvalue weighted by atomic mass is 31.2. The smallest absolute Gasteiger partial charge is 0.462 e. The second kappa shape index (κ2) is 36.1. The topological polar surface area (TPSA) is 230 Å². The number of hydrogen-bond acceptors (Lipinski definition) is 13. The summed E-state index contributed by atoms with van der Waals surface area (Å²) in [7, 11) is -5.14. The Hall–Kier alpha value is -2.23. The summed E-state index contributed by atoms with van der Waals surface area (Å²) >= 11 is 0. The molecule has 1 saturated carbocycles. The third kappa shape index (κ3) is 29.0. The van der Waals surface area contributed by atoms with Crippen LogP contribution in [0.5, 0.6) is 0 Å². The number of rotatable bonds is 37. The van der Waals surface area contributed by atoms with Gasteiger partial charge in [0.25, 0.3) is 0 Å². The minimum Gasteiger partial charge on any atom is -0.462 e. The normalized spacial score (nSPS) is 23.0. The zero-order valence-corrected chi connectivity index (χ0v) is 38.0. The molecule has 1 aliphatic rings. The van der Waals surface area contributed by atoms with Crippen molar-refractivity contribution in [1.29, 1.82) is 0 Å². The molecular weight excluding hydrogens is 807 g/mol. The Balaban J connectivity index is 2.51. The van der Waals surface area contributed by atoms with E-state index >= 15 is 0 Å². The van der Waals surface area contributed by atoms with Crippen LogP contribution < -0.4 is 0 Å². The number of allylic oxidation sites excluding steroid dienone is 8. The van der Waals surface area contributed by atoms with E-state index in [4.69, 9.17) is 18.5 Å². The molecule has 0 spiro atoms. The maximum Gasteiger partial charge on any atom is 0.472 e. The van der Waals surface area contributed by atoms with Crippen molar-refractivity contribution < 1.29 is 68.2 Å². The van der Waals surface area contributed by atoms with Gasteiger partial charge in [-0.3, -0.25) is 18.6 Å². The lowest BCUT2D eigenvalue weighted by Crippen LogP contribution is -2.64. The maximum atomic E-state index is 12.8. The molecule has 0 amide bonds. The van der Waals surface area contributed by atoms with Crippen LogP contribution in [0.3, 0.4) is 0 Å². The molecular formula is C46H81O14P. The number of esters is 2. The van der Waals surface area contributed by atoms with Gasteiger partial charge in [0.1, 0.15) is 43.2 Å². The van der Waals surface area contributed by atoms with E-state index in [1.165, 1.54) is 64.2 Å². The third-order valence-corrected chi connectivity index (χ3v) is 11.6. The molecule has 14 nitrogen and oxygen atoms in total. The summed E-state index contributed by atoms with van der Waals surface area (Å²) in [4.78, 5) is 35.6. The van der Waals surface area contributed by atoms with Crippen LogP contribution in [0, 0.1) is 0 Å². The van der Waals surface area contributed by atoms with Gasteiger partial charge in [0.05, 0.1) is 12.7 Å². The second-order valence-corrected chi connectivity index (χ2v) is 17.5. The van der Waals surface area contributed by atoms with E-state index in [0.717, 1.165) is 57.8 Å². The van der Waals surface area contributed by atoms with Crippen molar-refractivity contribution in [3.05, 3.63) is 48.6 Å². The highest BCUT2D eigenvalue weighted by Gasteiger charge is 2.51. The van der Waals surface area contributed by atoms with Crippen molar-refractivity contribution in [1.82, 2.24) is 0 Å². The first kappa shape index (κ1) is 56.8. The fraction of sp³-hybridized carbons (Fsp3) is 0.783. The van der Waals surface area contributed by atoms with Gasteiger partial charge >= 0.3 is 19.8 Å². The molecule has 61 heavy (non-hydrogen) atoms. The SMILES string of the molecule is CCCCCCCCCCCCCCCCC(=O)OCC(COP(=O)(O)OC1C(O)C(O)C(O)C(O)C1O)OC(=O)CCC/C=C\C/C=C\C/C=C\C/C=C\CCC(O)CC. The number of phosphoric acid groups is 1. The van der Waals surface area contributed by atoms with Gasteiger partial charge in [0.2, 0.25) is 0 Å². The van der Waals surface area contributed by atoms with Crippen LogP contribution >= 0.6 is 7.82 Å². The molecule has 7 atom stereocenters. The number of carbonyl (C=O) groups is 2. The molecule has 7 unspecified atom stereocenters. The van der Waals surface area contributed by atoms with Gasteiger partial charge in [-0.2, -0.15) is 0 Å². The molecule has 0 aliphatic heterocycles. The number of unbranched alkanes of at least 4 members (excludes halogenated alkanes) is 14. The van der Waals surface area contributed by atoms with Crippen LogP contribution in [0.1, 0.15) is 168 Å². The van der Waals surface area contributed by atoms with E-state index in [9.17, 15) is 49.7 Å². The molecule has 0 aromatic heterocycles. The van der Waals surface area contributed by atoms with E-state index in [0.29, 0.717) is 19.3 Å². The standard InChI is InChI=1S/C46H81O14P/c1-3-5-6-7-8-9-10-11-15-18-21-24-27-30-33-39(48)57-35-38(36-58-61(55,56)60-46-44(53)42(51)41(50)43(52)45(46)54)59-40(49)34-31-28-25-22-19-16-13-12-14-17-20-23-26-29-32-37(47)4-2/h13-14,16-17,22-23,25-26,37-38,41-47,50-54H,3-12,15,18-21,24,27-36H2,1-2H3,(H,55,56)/b16-13-,17-14-,25-22-,26-23-. The summed E-state index contributed by atoms with van der Waals surface area (Å²) < 4.78 is 33.4. The average Bonchev–Trinajstić information content (AvgIpc) is 3.24. The number of aliphatic hydroxyl groups is 6. The Morgan fingerprint density at radius 2 is 1.02 bits per heavy atom. The van der Waals surface area contributed by atoms with Crippen molar-refractivity contribution in [2.24, 2.45) is 0 Å². The van der Waals surface area contributed by atoms with Gasteiger partial charge in [-0.05, 0) is 57.8 Å². The molecule has 1 rings (SSSR count). The zero-order valence-electron chi connectivity index (χ0n) is 37.1. The molecule has 0 aromatic carbocycles. The minimum atomic E-state index is -5.14. The summed E-state index contributed by atoms with van der Waals surface area (Å²) in [5.74, 6) is -1.18. The van der Waals surface area contributed by atoms with E-state index < -0.39 is 75.7 Å². The summed E-state index contributed by atoms with van der Waals surface area (Å²) in [6.07, 6.45) is 25.4. The zero-order chi connectivity index (χ0) is 45.1. The molecule has 0 saturated heterocycles. The van der Waals surface area contributed by atoms with E-state index in [2.05, 4.69) is 43.4 Å². The monoisotopic (exact) mass is 889 g/mol. The van der Waals surface area contributed by atoms with Gasteiger partial charge in [0, 0.05) is 12.8 Å². The first-order chi connectivity index (χ1) is 29.3. The Labute approximate surface area is 365 Å². The van der Waals surface area contributed by atoms with Crippen LogP contribution in [0.2, 0.25) is 0 Å². The van der Waals surface area contributed by atoms with Crippen LogP contribution in [-0.4, -0.2) is 110 Å².